The molecule has 0 bridgehead atoms. The molecule has 22 heavy (non-hydrogen) atoms. The molecule has 5 heteroatoms. The molecular weight excluding hydrogens is 300 g/mol. The van der Waals surface area contributed by atoms with Gasteiger partial charge in [0.15, 0.2) is 0 Å². The second kappa shape index (κ2) is 6.36. The number of hydrogen-bond acceptors (Lipinski definition) is 4. The molecule has 3 rings (SSSR count). The first-order valence-corrected chi connectivity index (χ1v) is 7.69. The van der Waals surface area contributed by atoms with E-state index in [1.165, 1.54) is 0 Å². The number of halogens is 1. The van der Waals surface area contributed by atoms with Gasteiger partial charge in [-0.3, -0.25) is 0 Å². The summed E-state index contributed by atoms with van der Waals surface area (Å²) in [4.78, 5) is 2.26. The zero-order valence-corrected chi connectivity index (χ0v) is 13.2. The molecular formula is C17H19ClN2O2. The lowest BCUT2D eigenvalue weighted by Gasteiger charge is -2.35. The smallest absolute Gasteiger partial charge is 0.145 e. The van der Waals surface area contributed by atoms with Crippen LogP contribution in [-0.2, 0) is 0 Å². The lowest BCUT2D eigenvalue weighted by Crippen LogP contribution is -2.40. The van der Waals surface area contributed by atoms with Crippen LogP contribution in [0.15, 0.2) is 42.5 Å². The molecule has 1 unspecified atom stereocenters. The molecule has 1 heterocycles. The molecule has 2 aromatic carbocycles. The van der Waals surface area contributed by atoms with E-state index in [4.69, 9.17) is 26.8 Å². The highest BCUT2D eigenvalue weighted by Crippen LogP contribution is 2.34. The van der Waals surface area contributed by atoms with Gasteiger partial charge in [0.1, 0.15) is 24.2 Å². The Hall–Kier alpha value is -2.07. The second-order valence-electron chi connectivity index (χ2n) is 5.40. The van der Waals surface area contributed by atoms with Crippen molar-refractivity contribution in [2.24, 2.45) is 0 Å². The molecule has 2 aromatic rings. The van der Waals surface area contributed by atoms with Gasteiger partial charge < -0.3 is 20.1 Å². The number of hydrogen-bond donors (Lipinski definition) is 1. The van der Waals surface area contributed by atoms with Gasteiger partial charge in [0.25, 0.3) is 0 Å². The summed E-state index contributed by atoms with van der Waals surface area (Å²) in [6.07, 6.45) is 0.129. The first-order valence-electron chi connectivity index (χ1n) is 7.31. The van der Waals surface area contributed by atoms with Crippen LogP contribution >= 0.6 is 11.6 Å². The molecule has 0 spiro atoms. The van der Waals surface area contributed by atoms with Crippen LogP contribution in [0.3, 0.4) is 0 Å². The number of ether oxygens (including phenoxy) is 2. The Morgan fingerprint density at radius 2 is 2.05 bits per heavy atom. The van der Waals surface area contributed by atoms with Crippen molar-refractivity contribution in [3.63, 3.8) is 0 Å². The summed E-state index contributed by atoms with van der Waals surface area (Å²) in [5.41, 5.74) is 7.60. The summed E-state index contributed by atoms with van der Waals surface area (Å²) in [5.74, 6) is 1.66. The van der Waals surface area contributed by atoms with E-state index < -0.39 is 0 Å². The van der Waals surface area contributed by atoms with Crippen molar-refractivity contribution in [2.45, 2.75) is 13.0 Å². The van der Waals surface area contributed by atoms with Gasteiger partial charge >= 0.3 is 0 Å². The fourth-order valence-corrected chi connectivity index (χ4v) is 2.69. The normalized spacial score (nSPS) is 16.8. The van der Waals surface area contributed by atoms with Gasteiger partial charge in [-0.1, -0.05) is 11.6 Å². The van der Waals surface area contributed by atoms with E-state index in [1.807, 2.05) is 42.5 Å². The summed E-state index contributed by atoms with van der Waals surface area (Å²) in [5, 5.41) is 0.709. The van der Waals surface area contributed by atoms with Crippen LogP contribution in [0.25, 0.3) is 0 Å². The number of nitrogens with zero attached hydrogens (tertiary/aromatic N) is 1. The lowest BCUT2D eigenvalue weighted by molar-refractivity contribution is 0.208. The van der Waals surface area contributed by atoms with Gasteiger partial charge in [-0.25, -0.2) is 0 Å². The van der Waals surface area contributed by atoms with Gasteiger partial charge in [-0.05, 0) is 43.3 Å². The summed E-state index contributed by atoms with van der Waals surface area (Å²) >= 11 is 5.86. The maximum absolute atomic E-state index is 5.86. The van der Waals surface area contributed by atoms with Gasteiger partial charge in [0.2, 0.25) is 0 Å². The Balaban J connectivity index is 1.64. The van der Waals surface area contributed by atoms with Crippen molar-refractivity contribution < 1.29 is 9.47 Å². The van der Waals surface area contributed by atoms with Gasteiger partial charge in [0, 0.05) is 16.8 Å². The van der Waals surface area contributed by atoms with Gasteiger partial charge in [-0.15, -0.1) is 0 Å². The quantitative estimate of drug-likeness (QED) is 0.875. The summed E-state index contributed by atoms with van der Waals surface area (Å²) in [6, 6.07) is 13.2. The van der Waals surface area contributed by atoms with Crippen molar-refractivity contribution >= 4 is 23.0 Å². The predicted octanol–water partition coefficient (Wildman–Crippen LogP) is 3.59. The third-order valence-electron chi connectivity index (χ3n) is 3.57. The van der Waals surface area contributed by atoms with Crippen molar-refractivity contribution in [2.75, 3.05) is 30.3 Å². The zero-order valence-electron chi connectivity index (χ0n) is 12.5. The Morgan fingerprint density at radius 3 is 2.82 bits per heavy atom. The molecule has 0 saturated carbocycles. The molecule has 0 aliphatic carbocycles. The Kier molecular flexibility index (Phi) is 4.29. The van der Waals surface area contributed by atoms with Crippen molar-refractivity contribution in [3.05, 3.63) is 47.5 Å². The van der Waals surface area contributed by atoms with E-state index >= 15 is 0 Å². The van der Waals surface area contributed by atoms with E-state index in [0.29, 0.717) is 17.3 Å². The third-order valence-corrected chi connectivity index (χ3v) is 3.83. The number of anilines is 2. The maximum Gasteiger partial charge on any atom is 0.145 e. The SMILES string of the molecule is CC1CN(CCOc2ccc(Cl)cc2)c2ccc(N)cc2O1. The van der Waals surface area contributed by atoms with Crippen LogP contribution in [0.1, 0.15) is 6.92 Å². The molecule has 0 amide bonds. The molecule has 2 N–H and O–H groups in total. The van der Waals surface area contributed by atoms with Crippen LogP contribution in [0.2, 0.25) is 5.02 Å². The zero-order chi connectivity index (χ0) is 15.5. The summed E-state index contributed by atoms with van der Waals surface area (Å²) in [6.45, 7) is 4.27. The Morgan fingerprint density at radius 1 is 1.27 bits per heavy atom. The topological polar surface area (TPSA) is 47.7 Å². The van der Waals surface area contributed by atoms with Gasteiger partial charge in [0.05, 0.1) is 18.8 Å². The van der Waals surface area contributed by atoms with E-state index in [2.05, 4.69) is 11.8 Å². The fraction of sp³-hybridized carbons (Fsp3) is 0.294. The average molecular weight is 319 g/mol. The maximum atomic E-state index is 5.86. The van der Waals surface area contributed by atoms with Crippen molar-refractivity contribution in [3.8, 4) is 11.5 Å². The lowest BCUT2D eigenvalue weighted by atomic mass is 10.2. The number of nitrogen functional groups attached to an aromatic ring is 1. The van der Waals surface area contributed by atoms with E-state index in [-0.39, 0.29) is 6.10 Å². The van der Waals surface area contributed by atoms with E-state index in [0.717, 1.165) is 30.3 Å². The van der Waals surface area contributed by atoms with E-state index in [9.17, 15) is 0 Å². The van der Waals surface area contributed by atoms with Crippen LogP contribution in [0, 0.1) is 0 Å². The largest absolute Gasteiger partial charge is 0.492 e. The van der Waals surface area contributed by atoms with Gasteiger partial charge in [-0.2, -0.15) is 0 Å². The fourth-order valence-electron chi connectivity index (χ4n) is 2.57. The van der Waals surface area contributed by atoms with Crippen LogP contribution in [-0.4, -0.2) is 25.8 Å². The highest BCUT2D eigenvalue weighted by atomic mass is 35.5. The molecule has 116 valence electrons. The van der Waals surface area contributed by atoms with Crippen molar-refractivity contribution in [1.82, 2.24) is 0 Å². The standard InChI is InChI=1S/C17H19ClN2O2/c1-12-11-20(16-7-4-14(19)10-17(16)22-12)8-9-21-15-5-2-13(18)3-6-15/h2-7,10,12H,8-9,11,19H2,1H3. The first kappa shape index (κ1) is 14.9. The first-order chi connectivity index (χ1) is 10.6. The molecule has 0 saturated heterocycles. The summed E-state index contributed by atoms with van der Waals surface area (Å²) < 4.78 is 11.6. The molecule has 0 aromatic heterocycles. The minimum atomic E-state index is 0.129. The minimum Gasteiger partial charge on any atom is -0.492 e. The number of rotatable bonds is 4. The molecule has 1 aliphatic heterocycles. The number of benzene rings is 2. The molecule has 4 nitrogen and oxygen atoms in total. The highest BCUT2D eigenvalue weighted by molar-refractivity contribution is 6.30. The average Bonchev–Trinajstić information content (AvgIpc) is 2.48. The van der Waals surface area contributed by atoms with Crippen LogP contribution in [0.4, 0.5) is 11.4 Å². The predicted molar refractivity (Wildman–Crippen MR) is 90.1 cm³/mol. The monoisotopic (exact) mass is 318 g/mol. The third kappa shape index (κ3) is 3.39. The number of nitrogens with two attached hydrogens (primary N) is 1. The molecule has 1 atom stereocenters. The molecule has 0 fully saturated rings. The Labute approximate surface area is 135 Å². The Bertz CT molecular complexity index is 646. The molecule has 0 radical (unpaired) electrons. The van der Waals surface area contributed by atoms with Crippen LogP contribution in [0.5, 0.6) is 11.5 Å². The van der Waals surface area contributed by atoms with Crippen molar-refractivity contribution in [1.29, 1.82) is 0 Å². The highest BCUT2D eigenvalue weighted by Gasteiger charge is 2.22. The number of fused-ring (bicyclic) bond motifs is 1. The van der Waals surface area contributed by atoms with E-state index in [1.54, 1.807) is 0 Å². The molecule has 1 aliphatic rings. The minimum absolute atomic E-state index is 0.129. The summed E-state index contributed by atoms with van der Waals surface area (Å²) in [7, 11) is 0. The second-order valence-corrected chi connectivity index (χ2v) is 5.84. The van der Waals surface area contributed by atoms with Crippen LogP contribution < -0.4 is 20.1 Å².